The number of anilines is 1. The van der Waals surface area contributed by atoms with E-state index in [1.807, 2.05) is 0 Å². The number of ether oxygens (including phenoxy) is 1. The topological polar surface area (TPSA) is 151 Å². The number of imidazole rings is 1. The number of urea groups is 1. The van der Waals surface area contributed by atoms with Crippen molar-refractivity contribution in [3.05, 3.63) is 37.0 Å². The molecule has 0 saturated heterocycles. The number of fused-ring (bicyclic) bond motifs is 1. The lowest BCUT2D eigenvalue weighted by Gasteiger charge is -2.08. The summed E-state index contributed by atoms with van der Waals surface area (Å²) in [6.07, 6.45) is 24.0. The molecule has 2 aromatic heterocycles. The Morgan fingerprint density at radius 2 is 1.71 bits per heavy atom. The standard InChI is InChI=1S/C26H43N6O5P/c1-2-3-4-5-6-7-8-9-10-11-12-13-14-15-16-17-27-26(33)31-24-23-25(29-20-28-24)32(21-30-23)18-19-37-22-38(34,35)36/h6-7,9-10,20-21H,2-5,8,11-19,22H2,1H3,(H2,34,35,36)(H2,27,28,29,31,33)/b7-6+,10-9+. The van der Waals surface area contributed by atoms with Crippen LogP contribution in [0.2, 0.25) is 0 Å². The molecule has 11 nitrogen and oxygen atoms in total. The molecule has 0 aromatic carbocycles. The highest BCUT2D eigenvalue weighted by atomic mass is 31.2. The van der Waals surface area contributed by atoms with Crippen LogP contribution in [-0.4, -0.2) is 54.8 Å². The van der Waals surface area contributed by atoms with E-state index in [4.69, 9.17) is 14.5 Å². The number of nitrogens with one attached hydrogen (secondary N) is 2. The van der Waals surface area contributed by atoms with E-state index < -0.39 is 13.9 Å². The maximum atomic E-state index is 12.3. The van der Waals surface area contributed by atoms with Crippen LogP contribution < -0.4 is 10.6 Å². The monoisotopic (exact) mass is 550 g/mol. The molecule has 0 aliphatic carbocycles. The molecule has 2 amide bonds. The fourth-order valence-corrected chi connectivity index (χ4v) is 4.14. The molecule has 0 fully saturated rings. The summed E-state index contributed by atoms with van der Waals surface area (Å²) in [5.41, 5.74) is 0.915. The Labute approximate surface area is 225 Å². The van der Waals surface area contributed by atoms with Gasteiger partial charge in [-0.1, -0.05) is 63.3 Å². The second-order valence-electron chi connectivity index (χ2n) is 9.15. The Hall–Kier alpha value is -2.59. The highest BCUT2D eigenvalue weighted by Gasteiger charge is 2.14. The molecule has 0 atom stereocenters. The first-order chi connectivity index (χ1) is 18.4. The first-order valence-corrected chi connectivity index (χ1v) is 15.3. The molecular formula is C26H43N6O5P. The van der Waals surface area contributed by atoms with Gasteiger partial charge in [0.15, 0.2) is 17.0 Å². The Kier molecular flexibility index (Phi) is 15.5. The van der Waals surface area contributed by atoms with E-state index >= 15 is 0 Å². The molecule has 4 N–H and O–H groups in total. The van der Waals surface area contributed by atoms with Gasteiger partial charge in [-0.25, -0.2) is 19.7 Å². The first kappa shape index (κ1) is 31.6. The van der Waals surface area contributed by atoms with Gasteiger partial charge in [-0.15, -0.1) is 0 Å². The SMILES string of the molecule is CCCCC/C=C/C/C=C/CCCCCCCNC(=O)Nc1ncnc2c1ncn2CCOCP(=O)(O)O. The molecule has 0 spiro atoms. The van der Waals surface area contributed by atoms with Crippen molar-refractivity contribution in [2.24, 2.45) is 0 Å². The zero-order chi connectivity index (χ0) is 27.5. The molecule has 212 valence electrons. The lowest BCUT2D eigenvalue weighted by molar-refractivity contribution is 0.149. The minimum absolute atomic E-state index is 0.0807. The molecule has 0 unspecified atom stereocenters. The molecule has 0 aliphatic rings. The van der Waals surface area contributed by atoms with Crippen molar-refractivity contribution in [3.8, 4) is 0 Å². The molecule has 0 aliphatic heterocycles. The van der Waals surface area contributed by atoms with Crippen molar-refractivity contribution in [1.82, 2.24) is 24.8 Å². The molecule has 12 heteroatoms. The van der Waals surface area contributed by atoms with Crippen LogP contribution in [0, 0.1) is 0 Å². The summed E-state index contributed by atoms with van der Waals surface area (Å²) in [5, 5.41) is 5.56. The molecule has 0 saturated carbocycles. The van der Waals surface area contributed by atoms with E-state index in [0.717, 1.165) is 32.1 Å². The zero-order valence-electron chi connectivity index (χ0n) is 22.4. The third-order valence-corrected chi connectivity index (χ3v) is 6.30. The summed E-state index contributed by atoms with van der Waals surface area (Å²) in [6, 6.07) is -0.353. The maximum Gasteiger partial charge on any atom is 0.350 e. The number of allylic oxidation sites excluding steroid dienone is 4. The summed E-state index contributed by atoms with van der Waals surface area (Å²) in [4.78, 5) is 42.5. The predicted octanol–water partition coefficient (Wildman–Crippen LogP) is 5.52. The van der Waals surface area contributed by atoms with Crippen molar-refractivity contribution in [2.75, 3.05) is 24.8 Å². The van der Waals surface area contributed by atoms with Crippen LogP contribution in [0.3, 0.4) is 0 Å². The Morgan fingerprint density at radius 3 is 2.45 bits per heavy atom. The van der Waals surface area contributed by atoms with Gasteiger partial charge in [0.2, 0.25) is 0 Å². The molecular weight excluding hydrogens is 507 g/mol. The van der Waals surface area contributed by atoms with Crippen LogP contribution in [0.15, 0.2) is 37.0 Å². The van der Waals surface area contributed by atoms with Crippen molar-refractivity contribution in [3.63, 3.8) is 0 Å². The van der Waals surface area contributed by atoms with Crippen LogP contribution in [-0.2, 0) is 15.8 Å². The van der Waals surface area contributed by atoms with Gasteiger partial charge in [0.25, 0.3) is 0 Å². The number of hydrogen-bond donors (Lipinski definition) is 4. The second kappa shape index (κ2) is 18.6. The normalized spacial score (nSPS) is 12.2. The lowest BCUT2D eigenvalue weighted by atomic mass is 10.1. The number of amides is 2. The van der Waals surface area contributed by atoms with Gasteiger partial charge in [0, 0.05) is 13.1 Å². The van der Waals surface area contributed by atoms with E-state index in [9.17, 15) is 9.36 Å². The molecule has 0 bridgehead atoms. The van der Waals surface area contributed by atoms with Crippen molar-refractivity contribution < 1.29 is 23.9 Å². The Balaban J connectivity index is 1.56. The summed E-state index contributed by atoms with van der Waals surface area (Å²) in [7, 11) is -4.20. The van der Waals surface area contributed by atoms with Crippen LogP contribution in [0.25, 0.3) is 11.2 Å². The number of nitrogens with zero attached hydrogens (tertiary/aromatic N) is 4. The Bertz CT molecular complexity index is 1050. The fraction of sp³-hybridized carbons (Fsp3) is 0.615. The molecule has 0 radical (unpaired) electrons. The van der Waals surface area contributed by atoms with Crippen molar-refractivity contribution >= 4 is 30.6 Å². The highest BCUT2D eigenvalue weighted by Crippen LogP contribution is 2.33. The minimum atomic E-state index is -4.20. The van der Waals surface area contributed by atoms with Gasteiger partial charge in [-0.2, -0.15) is 0 Å². The number of carbonyl (C=O) groups is 1. The third-order valence-electron chi connectivity index (χ3n) is 5.78. The summed E-state index contributed by atoms with van der Waals surface area (Å²) < 4.78 is 17.5. The van der Waals surface area contributed by atoms with Gasteiger partial charge in [0.05, 0.1) is 12.9 Å². The van der Waals surface area contributed by atoms with Crippen LogP contribution in [0.4, 0.5) is 10.6 Å². The third kappa shape index (κ3) is 13.8. The van der Waals surface area contributed by atoms with Crippen molar-refractivity contribution in [2.45, 2.75) is 84.1 Å². The van der Waals surface area contributed by atoms with Gasteiger partial charge in [0.1, 0.15) is 12.7 Å². The number of carbonyl (C=O) groups excluding carboxylic acids is 1. The molecule has 2 rings (SSSR count). The van der Waals surface area contributed by atoms with E-state index in [-0.39, 0.29) is 12.6 Å². The number of hydrogen-bond acceptors (Lipinski definition) is 6. The predicted molar refractivity (Wildman–Crippen MR) is 150 cm³/mol. The summed E-state index contributed by atoms with van der Waals surface area (Å²) >= 11 is 0. The van der Waals surface area contributed by atoms with Crippen LogP contribution in [0.5, 0.6) is 0 Å². The van der Waals surface area contributed by atoms with Crippen LogP contribution in [0.1, 0.15) is 77.6 Å². The second-order valence-corrected chi connectivity index (χ2v) is 10.7. The molecule has 2 aromatic rings. The average molecular weight is 551 g/mol. The fourth-order valence-electron chi connectivity index (χ4n) is 3.77. The van der Waals surface area contributed by atoms with Gasteiger partial charge >= 0.3 is 13.6 Å². The summed E-state index contributed by atoms with van der Waals surface area (Å²) in [5.74, 6) is 0.294. The zero-order valence-corrected chi connectivity index (χ0v) is 23.3. The first-order valence-electron chi connectivity index (χ1n) is 13.5. The largest absolute Gasteiger partial charge is 0.367 e. The molecule has 2 heterocycles. The van der Waals surface area contributed by atoms with Crippen molar-refractivity contribution in [1.29, 1.82) is 0 Å². The van der Waals surface area contributed by atoms with Gasteiger partial charge in [-0.3, -0.25) is 9.88 Å². The van der Waals surface area contributed by atoms with E-state index in [0.29, 0.717) is 30.1 Å². The number of aromatic nitrogens is 4. The van der Waals surface area contributed by atoms with E-state index in [1.165, 1.54) is 51.2 Å². The molecule has 38 heavy (non-hydrogen) atoms. The lowest BCUT2D eigenvalue weighted by Crippen LogP contribution is -2.30. The highest BCUT2D eigenvalue weighted by molar-refractivity contribution is 7.51. The minimum Gasteiger partial charge on any atom is -0.367 e. The van der Waals surface area contributed by atoms with Gasteiger partial charge < -0.3 is 24.4 Å². The average Bonchev–Trinajstić information content (AvgIpc) is 3.30. The Morgan fingerprint density at radius 1 is 1.00 bits per heavy atom. The number of unbranched alkanes of at least 4 members (excludes halogenated alkanes) is 8. The maximum absolute atomic E-state index is 12.3. The summed E-state index contributed by atoms with van der Waals surface area (Å²) in [6.45, 7) is 3.19. The van der Waals surface area contributed by atoms with E-state index in [2.05, 4.69) is 56.8 Å². The van der Waals surface area contributed by atoms with Crippen LogP contribution >= 0.6 is 7.60 Å². The van der Waals surface area contributed by atoms with Gasteiger partial charge in [-0.05, 0) is 38.5 Å². The number of rotatable bonds is 20. The smallest absolute Gasteiger partial charge is 0.350 e. The van der Waals surface area contributed by atoms with E-state index in [1.54, 1.807) is 4.57 Å². The quantitative estimate of drug-likeness (QED) is 0.0955.